The number of allylic oxidation sites excluding steroid dienone is 4. The summed E-state index contributed by atoms with van der Waals surface area (Å²) in [6, 6.07) is 0. The molecule has 7 rings (SSSR count). The van der Waals surface area contributed by atoms with E-state index in [1.165, 1.54) is 6.08 Å². The third-order valence-electron chi connectivity index (χ3n) is 12.8. The van der Waals surface area contributed by atoms with Crippen LogP contribution in [0.2, 0.25) is 0 Å². The van der Waals surface area contributed by atoms with Gasteiger partial charge in [0.2, 0.25) is 0 Å². The Kier molecular flexibility index (Phi) is 7.97. The molecule has 0 aromatic rings. The molecule has 11 nitrogen and oxygen atoms in total. The second-order valence-corrected chi connectivity index (χ2v) is 15.0. The van der Waals surface area contributed by atoms with E-state index in [2.05, 4.69) is 5.32 Å². The Morgan fingerprint density at radius 2 is 1.87 bits per heavy atom. The minimum Gasteiger partial charge on any atom is -0.512 e. The van der Waals surface area contributed by atoms with Crippen LogP contribution >= 0.6 is 0 Å². The predicted octanol–water partition coefficient (Wildman–Crippen LogP) is 0.119. The van der Waals surface area contributed by atoms with Crippen LogP contribution in [0.1, 0.15) is 64.7 Å². The summed E-state index contributed by atoms with van der Waals surface area (Å²) < 4.78 is 12.6. The summed E-state index contributed by atoms with van der Waals surface area (Å²) in [5, 5.41) is 59.9. The van der Waals surface area contributed by atoms with Gasteiger partial charge >= 0.3 is 0 Å². The van der Waals surface area contributed by atoms with E-state index in [1.807, 2.05) is 6.08 Å². The van der Waals surface area contributed by atoms with Crippen molar-refractivity contribution in [2.45, 2.75) is 107 Å². The van der Waals surface area contributed by atoms with E-state index in [9.17, 15) is 35.1 Å². The SMILES string of the molecule is CC1=C[C@H]2C(=O)C3CCCC(O[C@H]4O[C@@]5(CO)C=C[C@@H](C6(C7CC[NH2+]C(N)C7)CCCC6)[C@](O)([C@H]4O)[C@@H]5O)C3C(=O)[C@@H]2C(O)=C1. The molecule has 0 radical (unpaired) electrons. The number of carbonyl (C=O) groups excluding carboxylic acids is 2. The lowest BCUT2D eigenvalue weighted by Crippen LogP contribution is -2.95. The minimum atomic E-state index is -2.12. The summed E-state index contributed by atoms with van der Waals surface area (Å²) in [5.41, 5.74) is 2.85. The van der Waals surface area contributed by atoms with Gasteiger partial charge in [0.05, 0.1) is 37.0 Å². The largest absolute Gasteiger partial charge is 0.512 e. The van der Waals surface area contributed by atoms with Gasteiger partial charge in [-0.15, -0.1) is 0 Å². The average molecular weight is 630 g/mol. The third-order valence-corrected chi connectivity index (χ3v) is 12.8. The van der Waals surface area contributed by atoms with Gasteiger partial charge in [-0.3, -0.25) is 15.3 Å². The molecule has 0 amide bonds. The fraction of sp³-hybridized carbons (Fsp3) is 0.765. The lowest BCUT2D eigenvalue weighted by Gasteiger charge is -2.62. The van der Waals surface area contributed by atoms with Crippen LogP contribution in [0.25, 0.3) is 0 Å². The molecule has 2 saturated heterocycles. The van der Waals surface area contributed by atoms with Crippen LogP contribution in [0.4, 0.5) is 0 Å². The Hall–Kier alpha value is -1.96. The first-order valence-corrected chi connectivity index (χ1v) is 16.9. The van der Waals surface area contributed by atoms with Crippen LogP contribution in [0.3, 0.4) is 0 Å². The Morgan fingerprint density at radius 1 is 1.11 bits per heavy atom. The van der Waals surface area contributed by atoms with Gasteiger partial charge in [-0.2, -0.15) is 0 Å². The zero-order chi connectivity index (χ0) is 31.9. The fourth-order valence-electron chi connectivity index (χ4n) is 10.7. The number of ether oxygens (including phenoxy) is 2. The maximum atomic E-state index is 14.0. The lowest BCUT2D eigenvalue weighted by molar-refractivity contribution is -0.700. The van der Waals surface area contributed by atoms with Crippen molar-refractivity contribution in [2.24, 2.45) is 46.7 Å². The number of rotatable bonds is 5. The van der Waals surface area contributed by atoms with E-state index in [-0.39, 0.29) is 29.4 Å². The Balaban J connectivity index is 1.22. The number of piperidine rings is 1. The lowest BCUT2D eigenvalue weighted by atomic mass is 9.52. The van der Waals surface area contributed by atoms with Crippen molar-refractivity contribution in [3.05, 3.63) is 35.6 Å². The number of quaternary nitrogens is 1. The zero-order valence-corrected chi connectivity index (χ0v) is 26.0. The van der Waals surface area contributed by atoms with Gasteiger partial charge in [-0.25, -0.2) is 0 Å². The fourth-order valence-corrected chi connectivity index (χ4v) is 10.7. The summed E-state index contributed by atoms with van der Waals surface area (Å²) in [4.78, 5) is 27.7. The van der Waals surface area contributed by atoms with Crippen molar-refractivity contribution in [1.29, 1.82) is 0 Å². The minimum absolute atomic E-state index is 0.0620. The molecule has 5 fully saturated rings. The molecule has 0 aromatic heterocycles. The molecule has 2 bridgehead atoms. The number of aliphatic hydroxyl groups excluding tert-OH is 4. The van der Waals surface area contributed by atoms with E-state index in [4.69, 9.17) is 15.2 Å². The highest BCUT2D eigenvalue weighted by Gasteiger charge is 2.70. The molecule has 2 heterocycles. The summed E-state index contributed by atoms with van der Waals surface area (Å²) in [6.45, 7) is 1.99. The number of fused-ring (bicyclic) bond motifs is 4. The summed E-state index contributed by atoms with van der Waals surface area (Å²) in [6.07, 6.45) is 7.75. The molecule has 3 saturated carbocycles. The number of carbonyl (C=O) groups is 2. The maximum Gasteiger partial charge on any atom is 0.188 e. The van der Waals surface area contributed by atoms with Crippen molar-refractivity contribution >= 4 is 11.6 Å². The summed E-state index contributed by atoms with van der Waals surface area (Å²) >= 11 is 0. The maximum absolute atomic E-state index is 14.0. The number of aliphatic hydroxyl groups is 5. The third kappa shape index (κ3) is 4.60. The highest BCUT2D eigenvalue weighted by molar-refractivity contribution is 6.02. The van der Waals surface area contributed by atoms with E-state index in [0.29, 0.717) is 19.3 Å². The molecule has 0 spiro atoms. The second-order valence-electron chi connectivity index (χ2n) is 15.0. The van der Waals surface area contributed by atoms with Crippen molar-refractivity contribution in [2.75, 3.05) is 13.2 Å². The van der Waals surface area contributed by atoms with Gasteiger partial charge in [0.15, 0.2) is 12.1 Å². The molecule has 45 heavy (non-hydrogen) atoms. The van der Waals surface area contributed by atoms with Crippen molar-refractivity contribution in [3.8, 4) is 0 Å². The van der Waals surface area contributed by atoms with Gasteiger partial charge in [0.25, 0.3) is 0 Å². The van der Waals surface area contributed by atoms with E-state index in [1.54, 1.807) is 19.1 Å². The highest BCUT2D eigenvalue weighted by Crippen LogP contribution is 2.61. The predicted molar refractivity (Wildman–Crippen MR) is 160 cm³/mol. The first-order valence-electron chi connectivity index (χ1n) is 16.9. The normalized spacial score (nSPS) is 49.2. The smallest absolute Gasteiger partial charge is 0.188 e. The van der Waals surface area contributed by atoms with Crippen LogP contribution in [-0.4, -0.2) is 92.2 Å². The molecule has 9 N–H and O–H groups in total. The van der Waals surface area contributed by atoms with Crippen LogP contribution in [-0.2, 0) is 19.1 Å². The van der Waals surface area contributed by atoms with Crippen LogP contribution in [0.15, 0.2) is 35.6 Å². The Morgan fingerprint density at radius 3 is 2.58 bits per heavy atom. The molecule has 5 unspecified atom stereocenters. The first-order chi connectivity index (χ1) is 21.5. The summed E-state index contributed by atoms with van der Waals surface area (Å²) in [5.74, 6) is -4.14. The first kappa shape index (κ1) is 31.6. The monoisotopic (exact) mass is 629 g/mol. The van der Waals surface area contributed by atoms with Crippen LogP contribution in [0, 0.1) is 40.9 Å². The molecule has 11 heteroatoms. The number of Topliss-reactive ketones (excluding diaryl/α,β-unsaturated/α-hetero) is 2. The molecule has 0 aromatic carbocycles. The van der Waals surface area contributed by atoms with Crippen molar-refractivity contribution in [1.82, 2.24) is 0 Å². The molecule has 5 aliphatic carbocycles. The van der Waals surface area contributed by atoms with Gasteiger partial charge in [-0.05, 0) is 50.0 Å². The topological polar surface area (TPSA) is 196 Å². The van der Waals surface area contributed by atoms with Crippen molar-refractivity contribution in [3.63, 3.8) is 0 Å². The van der Waals surface area contributed by atoms with Gasteiger partial charge < -0.3 is 40.3 Å². The quantitative estimate of drug-likeness (QED) is 0.205. The summed E-state index contributed by atoms with van der Waals surface area (Å²) in [7, 11) is 0. The zero-order valence-electron chi connectivity index (χ0n) is 26.0. The molecule has 2 aliphatic heterocycles. The van der Waals surface area contributed by atoms with E-state index >= 15 is 0 Å². The van der Waals surface area contributed by atoms with Gasteiger partial charge in [0.1, 0.15) is 41.1 Å². The number of hydrogen-bond donors (Lipinski definition) is 7. The van der Waals surface area contributed by atoms with E-state index in [0.717, 1.165) is 50.6 Å². The Bertz CT molecular complexity index is 1310. The molecule has 13 atom stereocenters. The van der Waals surface area contributed by atoms with Gasteiger partial charge in [0, 0.05) is 24.7 Å². The highest BCUT2D eigenvalue weighted by atomic mass is 16.7. The molecular formula is C34H49N2O9+. The number of nitrogens with two attached hydrogens (primary N) is 2. The number of hydrogen-bond acceptors (Lipinski definition) is 10. The van der Waals surface area contributed by atoms with Gasteiger partial charge in [-0.1, -0.05) is 43.1 Å². The van der Waals surface area contributed by atoms with Crippen LogP contribution in [0.5, 0.6) is 0 Å². The molecule has 248 valence electrons. The second kappa shape index (κ2) is 11.3. The molecular weight excluding hydrogens is 580 g/mol. The number of ketones is 2. The average Bonchev–Trinajstić information content (AvgIpc) is 3.51. The standard InChI is InChI=1S/C34H48N2O9/c1-17-13-20-25(21(38)14-17)28(40)26-19(27(20)39)5-4-6-22(26)44-30-29(41)34(43)23(7-11-33(16-37,45-30)31(34)42)32(9-2-3-10-32)18-8-12-36-24(35)15-18/h7,11,13-14,18-20,22-26,29-31,36-38,41-43H,2-6,8-10,12,15-16,35H2,1H3/p+1/t18?,19?,20-,22?,23+,24?,25+,26?,29+,30+,31-,33-,34+/m1/s1. The van der Waals surface area contributed by atoms with Crippen molar-refractivity contribution < 1.29 is 49.9 Å². The van der Waals surface area contributed by atoms with E-state index < -0.39 is 77.4 Å². The molecule has 7 aliphatic rings. The van der Waals surface area contributed by atoms with Crippen LogP contribution < -0.4 is 11.1 Å². The Labute approximate surface area is 263 Å².